The molecule has 1 saturated heterocycles. The number of nitrogens with zero attached hydrogens (tertiary/aromatic N) is 6. The molecule has 0 radical (unpaired) electrons. The highest BCUT2D eigenvalue weighted by molar-refractivity contribution is 6.10. The van der Waals surface area contributed by atoms with Gasteiger partial charge in [0, 0.05) is 38.1 Å². The van der Waals surface area contributed by atoms with Crippen molar-refractivity contribution in [2.24, 2.45) is 7.05 Å². The topological polar surface area (TPSA) is 97.4 Å². The number of benzene rings is 1. The molecular formula is C22H21N7O2. The number of carbonyl (C=O) groups excluding carboxylic acids is 2. The van der Waals surface area contributed by atoms with Gasteiger partial charge in [-0.25, -0.2) is 4.98 Å². The average molecular weight is 415 g/mol. The number of hydrogen-bond acceptors (Lipinski definition) is 5. The maximum absolute atomic E-state index is 13.0. The maximum Gasteiger partial charge on any atom is 0.275 e. The van der Waals surface area contributed by atoms with Crippen molar-refractivity contribution in [3.05, 3.63) is 66.2 Å². The van der Waals surface area contributed by atoms with Crippen molar-refractivity contribution in [1.29, 1.82) is 0 Å². The number of likely N-dealkylation sites (tertiary alicyclic amines) is 1. The van der Waals surface area contributed by atoms with E-state index in [9.17, 15) is 9.59 Å². The largest absolute Gasteiger partial charge is 0.339 e. The molecular weight excluding hydrogens is 394 g/mol. The van der Waals surface area contributed by atoms with Crippen LogP contribution < -0.4 is 5.32 Å². The van der Waals surface area contributed by atoms with E-state index in [1.54, 1.807) is 28.6 Å². The third-order valence-corrected chi connectivity index (χ3v) is 5.41. The van der Waals surface area contributed by atoms with E-state index in [0.717, 1.165) is 24.1 Å². The van der Waals surface area contributed by atoms with Crippen molar-refractivity contribution < 1.29 is 9.59 Å². The van der Waals surface area contributed by atoms with Gasteiger partial charge in [-0.3, -0.25) is 18.7 Å². The summed E-state index contributed by atoms with van der Waals surface area (Å²) in [4.78, 5) is 36.6. The first-order chi connectivity index (χ1) is 15.1. The number of fused-ring (bicyclic) bond motifs is 1. The lowest BCUT2D eigenvalue weighted by atomic mass is 10.2. The van der Waals surface area contributed by atoms with Gasteiger partial charge in [0.05, 0.1) is 17.5 Å². The van der Waals surface area contributed by atoms with Gasteiger partial charge in [-0.05, 0) is 18.9 Å². The van der Waals surface area contributed by atoms with E-state index in [-0.39, 0.29) is 11.6 Å². The molecule has 1 aliphatic heterocycles. The van der Waals surface area contributed by atoms with Crippen molar-refractivity contribution >= 4 is 23.4 Å². The predicted octanol–water partition coefficient (Wildman–Crippen LogP) is 2.62. The summed E-state index contributed by atoms with van der Waals surface area (Å²) in [6, 6.07) is 11.5. The summed E-state index contributed by atoms with van der Waals surface area (Å²) in [5, 5.41) is 6.91. The third kappa shape index (κ3) is 3.54. The molecule has 1 aromatic carbocycles. The lowest BCUT2D eigenvalue weighted by Crippen LogP contribution is -2.30. The van der Waals surface area contributed by atoms with Crippen molar-refractivity contribution in [3.8, 4) is 11.3 Å². The molecule has 1 aliphatic rings. The number of carbonyl (C=O) groups is 2. The zero-order chi connectivity index (χ0) is 21.4. The SMILES string of the molecule is Cn1ncc(C(=O)N2CCCC2)c1C(=O)Nc1ccn2cc(-c3ccccc3)nc2n1. The Bertz CT molecular complexity index is 1270. The number of amides is 2. The summed E-state index contributed by atoms with van der Waals surface area (Å²) >= 11 is 0. The lowest BCUT2D eigenvalue weighted by molar-refractivity contribution is 0.0787. The summed E-state index contributed by atoms with van der Waals surface area (Å²) in [5.74, 6) is 0.215. The highest BCUT2D eigenvalue weighted by Crippen LogP contribution is 2.20. The molecule has 0 bridgehead atoms. The Morgan fingerprint density at radius 2 is 1.81 bits per heavy atom. The lowest BCUT2D eigenvalue weighted by Gasteiger charge is -2.15. The average Bonchev–Trinajstić information content (AvgIpc) is 3.53. The van der Waals surface area contributed by atoms with Crippen LogP contribution in [0.15, 0.2) is 55.0 Å². The smallest absolute Gasteiger partial charge is 0.275 e. The van der Waals surface area contributed by atoms with Gasteiger partial charge in [-0.1, -0.05) is 30.3 Å². The fourth-order valence-corrected chi connectivity index (χ4v) is 3.82. The number of rotatable bonds is 4. The van der Waals surface area contributed by atoms with Crippen LogP contribution in [0.25, 0.3) is 17.0 Å². The minimum atomic E-state index is -0.436. The predicted molar refractivity (Wildman–Crippen MR) is 115 cm³/mol. The fraction of sp³-hybridized carbons (Fsp3) is 0.227. The van der Waals surface area contributed by atoms with E-state index >= 15 is 0 Å². The summed E-state index contributed by atoms with van der Waals surface area (Å²) in [6.07, 6.45) is 7.08. The number of nitrogens with one attached hydrogen (secondary N) is 1. The second-order valence-corrected chi connectivity index (χ2v) is 7.50. The summed E-state index contributed by atoms with van der Waals surface area (Å²) in [7, 11) is 1.65. The fourth-order valence-electron chi connectivity index (χ4n) is 3.82. The normalized spacial score (nSPS) is 13.6. The van der Waals surface area contributed by atoms with Crippen molar-refractivity contribution in [3.63, 3.8) is 0 Å². The Morgan fingerprint density at radius 3 is 2.58 bits per heavy atom. The molecule has 31 heavy (non-hydrogen) atoms. The molecule has 3 aromatic heterocycles. The van der Waals surface area contributed by atoms with Crippen LogP contribution in [0.4, 0.5) is 5.82 Å². The van der Waals surface area contributed by atoms with Crippen LogP contribution in [0.5, 0.6) is 0 Å². The van der Waals surface area contributed by atoms with Crippen molar-refractivity contribution in [1.82, 2.24) is 29.0 Å². The molecule has 9 heteroatoms. The molecule has 156 valence electrons. The minimum absolute atomic E-state index is 0.167. The second-order valence-electron chi connectivity index (χ2n) is 7.50. The van der Waals surface area contributed by atoms with Gasteiger partial charge in [0.2, 0.25) is 5.78 Å². The van der Waals surface area contributed by atoms with E-state index in [1.165, 1.54) is 10.9 Å². The van der Waals surface area contributed by atoms with Gasteiger partial charge < -0.3 is 10.2 Å². The number of imidazole rings is 1. The second kappa shape index (κ2) is 7.67. The Morgan fingerprint density at radius 1 is 1.03 bits per heavy atom. The summed E-state index contributed by atoms with van der Waals surface area (Å²) in [6.45, 7) is 1.41. The zero-order valence-corrected chi connectivity index (χ0v) is 17.0. The highest BCUT2D eigenvalue weighted by Gasteiger charge is 2.27. The summed E-state index contributed by atoms with van der Waals surface area (Å²) < 4.78 is 3.21. The first-order valence-corrected chi connectivity index (χ1v) is 10.1. The number of hydrogen-bond donors (Lipinski definition) is 1. The Balaban J connectivity index is 1.41. The van der Waals surface area contributed by atoms with E-state index < -0.39 is 5.91 Å². The monoisotopic (exact) mass is 415 g/mol. The number of aromatic nitrogens is 5. The molecule has 0 aliphatic carbocycles. The molecule has 5 rings (SSSR count). The van der Waals surface area contributed by atoms with Gasteiger partial charge in [0.25, 0.3) is 11.8 Å². The molecule has 4 heterocycles. The van der Waals surface area contributed by atoms with Gasteiger partial charge >= 0.3 is 0 Å². The van der Waals surface area contributed by atoms with Crippen molar-refractivity contribution in [2.75, 3.05) is 18.4 Å². The Kier molecular flexibility index (Phi) is 4.70. The van der Waals surface area contributed by atoms with E-state index in [0.29, 0.717) is 30.2 Å². The van der Waals surface area contributed by atoms with Gasteiger partial charge in [0.1, 0.15) is 11.5 Å². The van der Waals surface area contributed by atoms with Crippen LogP contribution in [0.3, 0.4) is 0 Å². The minimum Gasteiger partial charge on any atom is -0.339 e. The standard InChI is InChI=1S/C22H21N7O2/c1-27-19(16(13-23-27)21(31)28-10-5-6-11-28)20(30)25-18-9-12-29-14-17(24-22(29)26-18)15-7-3-2-4-8-15/h2-4,7-9,12-14H,5-6,10-11H2,1H3,(H,24,25,26,30). The van der Waals surface area contributed by atoms with Crippen LogP contribution in [0.2, 0.25) is 0 Å². The first kappa shape index (κ1) is 19.0. The molecule has 4 aromatic rings. The van der Waals surface area contributed by atoms with Crippen LogP contribution in [0, 0.1) is 0 Å². The molecule has 1 fully saturated rings. The maximum atomic E-state index is 13.0. The third-order valence-electron chi connectivity index (χ3n) is 5.41. The molecule has 0 atom stereocenters. The van der Waals surface area contributed by atoms with Crippen molar-refractivity contribution in [2.45, 2.75) is 12.8 Å². The van der Waals surface area contributed by atoms with Crippen LogP contribution in [-0.2, 0) is 7.05 Å². The molecule has 1 N–H and O–H groups in total. The van der Waals surface area contributed by atoms with Gasteiger partial charge in [0.15, 0.2) is 0 Å². The van der Waals surface area contributed by atoms with Crippen LogP contribution in [-0.4, -0.2) is 54.0 Å². The number of anilines is 1. The van der Waals surface area contributed by atoms with Crippen LogP contribution in [0.1, 0.15) is 33.7 Å². The molecule has 0 saturated carbocycles. The quantitative estimate of drug-likeness (QED) is 0.553. The van der Waals surface area contributed by atoms with Crippen LogP contribution >= 0.6 is 0 Å². The molecule has 0 spiro atoms. The van der Waals surface area contributed by atoms with E-state index in [1.807, 2.05) is 36.5 Å². The van der Waals surface area contributed by atoms with E-state index in [4.69, 9.17) is 0 Å². The molecule has 2 amide bonds. The van der Waals surface area contributed by atoms with Gasteiger partial charge in [-0.15, -0.1) is 0 Å². The molecule has 9 nitrogen and oxygen atoms in total. The van der Waals surface area contributed by atoms with E-state index in [2.05, 4.69) is 20.4 Å². The van der Waals surface area contributed by atoms with Gasteiger partial charge in [-0.2, -0.15) is 10.1 Å². The zero-order valence-electron chi connectivity index (χ0n) is 17.0. The highest BCUT2D eigenvalue weighted by atomic mass is 16.2. The number of aryl methyl sites for hydroxylation is 1. The molecule has 0 unspecified atom stereocenters. The Labute approximate surface area is 178 Å². The first-order valence-electron chi connectivity index (χ1n) is 10.1. The summed E-state index contributed by atoms with van der Waals surface area (Å²) in [5.41, 5.74) is 2.29. The Hall–Kier alpha value is -4.01.